The van der Waals surface area contributed by atoms with Crippen molar-refractivity contribution in [2.24, 2.45) is 0 Å². The van der Waals surface area contributed by atoms with Crippen molar-refractivity contribution in [3.8, 4) is 0 Å². The summed E-state index contributed by atoms with van der Waals surface area (Å²) < 4.78 is 49.6. The molecule has 3 saturated heterocycles. The molecule has 0 radical (unpaired) electrons. The van der Waals surface area contributed by atoms with E-state index in [0.717, 1.165) is 0 Å². The number of nitrogens with zero attached hydrogens (tertiary/aromatic N) is 3. The summed E-state index contributed by atoms with van der Waals surface area (Å²) in [5.74, 6) is 0. The molecule has 0 bridgehead atoms. The van der Waals surface area contributed by atoms with Crippen molar-refractivity contribution in [3.05, 3.63) is 0 Å². The van der Waals surface area contributed by atoms with E-state index in [1.807, 2.05) is 0 Å². The van der Waals surface area contributed by atoms with Crippen molar-refractivity contribution >= 4 is 44.5 Å². The molecule has 39 heavy (non-hydrogen) atoms. The number of imide groups is 3. The molecule has 18 heteroatoms. The predicted molar refractivity (Wildman–Crippen MR) is 140 cm³/mol. The molecule has 224 valence electrons. The minimum Gasteiger partial charge on any atom is -0.377 e. The highest BCUT2D eigenvalue weighted by atomic mass is 28.4. The van der Waals surface area contributed by atoms with Gasteiger partial charge in [-0.15, -0.1) is 8.97 Å². The van der Waals surface area contributed by atoms with Crippen LogP contribution in [-0.4, -0.2) is 153 Å². The fraction of sp³-hybridized carbons (Fsp3) is 0.857. The van der Waals surface area contributed by atoms with E-state index in [9.17, 15) is 14.4 Å². The SMILES string of the molecule is CO[Si](CCCN1C(=O)[N+]2(CCC2[Si](OC)(OC)OC)C(=O)[N+]2(CCC2[Si](OC)(OC)OC)C1=O)(OC)OC. The number of rotatable bonds is 15. The van der Waals surface area contributed by atoms with Gasteiger partial charge in [0.2, 0.25) is 0 Å². The molecular weight excluding hydrogens is 570 g/mol. The normalized spacial score (nSPS) is 29.8. The first-order valence-electron chi connectivity index (χ1n) is 12.7. The first-order chi connectivity index (χ1) is 18.5. The van der Waals surface area contributed by atoms with E-state index in [0.29, 0.717) is 25.3 Å². The van der Waals surface area contributed by atoms with Crippen LogP contribution < -0.4 is 0 Å². The molecule has 3 aliphatic rings. The summed E-state index contributed by atoms with van der Waals surface area (Å²) in [6, 6.07) is -1.46. The maximum atomic E-state index is 14.6. The van der Waals surface area contributed by atoms with E-state index in [4.69, 9.17) is 39.8 Å². The lowest BCUT2D eigenvalue weighted by Gasteiger charge is -2.59. The Balaban J connectivity index is 2.11. The van der Waals surface area contributed by atoms with Gasteiger partial charge < -0.3 is 39.8 Å². The number of quaternary nitrogens is 2. The van der Waals surface area contributed by atoms with Crippen LogP contribution in [0.2, 0.25) is 6.04 Å². The quantitative estimate of drug-likeness (QED) is 0.192. The number of hydrogen-bond acceptors (Lipinski definition) is 12. The van der Waals surface area contributed by atoms with Gasteiger partial charge in [-0.2, -0.15) is 9.69 Å². The lowest BCUT2D eigenvalue weighted by molar-refractivity contribution is -0.964. The highest BCUT2D eigenvalue weighted by Gasteiger charge is 2.86. The molecule has 0 aromatic rings. The predicted octanol–water partition coefficient (Wildman–Crippen LogP) is 0.943. The van der Waals surface area contributed by atoms with Gasteiger partial charge >= 0.3 is 44.5 Å². The monoisotopic (exact) mass is 613 g/mol. The molecular formula is C21H43N3O12Si3+2. The zero-order valence-electron chi connectivity index (χ0n) is 24.3. The van der Waals surface area contributed by atoms with E-state index in [1.54, 1.807) is 0 Å². The summed E-state index contributed by atoms with van der Waals surface area (Å²) in [6.07, 6.45) is 1.23. The summed E-state index contributed by atoms with van der Waals surface area (Å²) in [6.45, 7) is 0.383. The highest BCUT2D eigenvalue weighted by molar-refractivity contribution is 6.63. The standard InChI is InChI=1S/C21H43N3O12Si3/c1-28-37(29-2,30-3)16-10-13-22-19(25)23(14-11-17(23)38(31-4,32-5)33-6)21(27)24(20(22)26)15-12-18(24)39(34-7,35-8)36-9/h17-18H,10-16H2,1-9H3/q+2. The van der Waals surface area contributed by atoms with Gasteiger partial charge in [-0.25, -0.2) is 9.59 Å². The van der Waals surface area contributed by atoms with Crippen molar-refractivity contribution in [1.82, 2.24) is 4.90 Å². The minimum atomic E-state index is -3.50. The van der Waals surface area contributed by atoms with E-state index in [-0.39, 0.29) is 19.6 Å². The van der Waals surface area contributed by atoms with Crippen LogP contribution in [0.15, 0.2) is 0 Å². The fourth-order valence-electron chi connectivity index (χ4n) is 6.35. The summed E-state index contributed by atoms with van der Waals surface area (Å²) in [7, 11) is 3.16. The number of carbonyl (C=O) groups excluding carboxylic acids is 3. The largest absolute Gasteiger partial charge is 0.563 e. The zero-order chi connectivity index (χ0) is 29.3. The molecule has 4 unspecified atom stereocenters. The summed E-state index contributed by atoms with van der Waals surface area (Å²) >= 11 is 0. The van der Waals surface area contributed by atoms with Crippen LogP contribution in [0, 0.1) is 0 Å². The van der Waals surface area contributed by atoms with Crippen molar-refractivity contribution in [2.45, 2.75) is 36.6 Å². The molecule has 0 aliphatic carbocycles. The van der Waals surface area contributed by atoms with Crippen LogP contribution >= 0.6 is 0 Å². The maximum absolute atomic E-state index is 14.6. The second-order valence-corrected chi connectivity index (χ2v) is 18.9. The molecule has 0 N–H and O–H groups in total. The summed E-state index contributed by atoms with van der Waals surface area (Å²) in [4.78, 5) is 44.3. The van der Waals surface area contributed by atoms with Gasteiger partial charge in [0.1, 0.15) is 13.1 Å². The number of hydrogen-bond donors (Lipinski definition) is 0. The third-order valence-corrected chi connectivity index (χ3v) is 18.1. The van der Waals surface area contributed by atoms with Crippen LogP contribution in [0.25, 0.3) is 0 Å². The maximum Gasteiger partial charge on any atom is 0.563 e. The second-order valence-electron chi connectivity index (χ2n) is 9.62. The Bertz CT molecular complexity index is 852. The number of urea groups is 3. The third kappa shape index (κ3) is 4.45. The third-order valence-electron chi connectivity index (χ3n) is 8.72. The summed E-state index contributed by atoms with van der Waals surface area (Å²) in [5.41, 5.74) is -1.45. The Morgan fingerprint density at radius 3 is 1.26 bits per heavy atom. The molecule has 2 spiro atoms. The van der Waals surface area contributed by atoms with Crippen molar-refractivity contribution in [1.29, 1.82) is 0 Å². The zero-order valence-corrected chi connectivity index (χ0v) is 27.3. The van der Waals surface area contributed by atoms with Gasteiger partial charge in [-0.05, 0) is 6.42 Å². The Labute approximate surface area is 232 Å². The van der Waals surface area contributed by atoms with Gasteiger partial charge in [0, 0.05) is 76.6 Å². The second kappa shape index (κ2) is 12.1. The molecule has 4 atom stereocenters. The molecule has 6 amide bonds. The molecule has 3 aliphatic heterocycles. The van der Waals surface area contributed by atoms with Crippen molar-refractivity contribution < 1.29 is 63.2 Å². The molecule has 3 heterocycles. The van der Waals surface area contributed by atoms with E-state index in [2.05, 4.69) is 0 Å². The number of amides is 6. The molecule has 3 rings (SSSR count). The average molecular weight is 614 g/mol. The van der Waals surface area contributed by atoms with Crippen LogP contribution in [0.5, 0.6) is 0 Å². The van der Waals surface area contributed by atoms with Gasteiger partial charge in [0.05, 0.1) is 12.8 Å². The van der Waals surface area contributed by atoms with Gasteiger partial charge in [0.25, 0.3) is 0 Å². The lowest BCUT2D eigenvalue weighted by atomic mass is 10.0. The minimum absolute atomic E-state index is 0.0260. The number of carbonyl (C=O) groups is 3. The average Bonchev–Trinajstić information content (AvgIpc) is 2.93. The van der Waals surface area contributed by atoms with Crippen molar-refractivity contribution in [3.63, 3.8) is 0 Å². The molecule has 0 saturated carbocycles. The van der Waals surface area contributed by atoms with Gasteiger partial charge in [-0.1, -0.05) is 0 Å². The van der Waals surface area contributed by atoms with E-state index in [1.165, 1.54) is 68.9 Å². The van der Waals surface area contributed by atoms with Crippen LogP contribution in [0.3, 0.4) is 0 Å². The topological polar surface area (TPSA) is 138 Å². The lowest BCUT2D eigenvalue weighted by Crippen LogP contribution is -2.94. The molecule has 0 aromatic heterocycles. The highest BCUT2D eigenvalue weighted by Crippen LogP contribution is 2.49. The summed E-state index contributed by atoms with van der Waals surface area (Å²) in [5, 5.41) is 0. The Morgan fingerprint density at radius 1 is 0.641 bits per heavy atom. The first-order valence-corrected chi connectivity index (χ1v) is 18.2. The van der Waals surface area contributed by atoms with Crippen molar-refractivity contribution in [2.75, 3.05) is 83.6 Å². The van der Waals surface area contributed by atoms with E-state index >= 15 is 0 Å². The van der Waals surface area contributed by atoms with Gasteiger partial charge in [0.15, 0.2) is 11.3 Å². The van der Waals surface area contributed by atoms with Crippen LogP contribution in [0.4, 0.5) is 14.4 Å². The molecule has 3 fully saturated rings. The first kappa shape index (κ1) is 32.5. The molecule has 0 aromatic carbocycles. The smallest absolute Gasteiger partial charge is 0.377 e. The Hall–Kier alpha value is -0.979. The van der Waals surface area contributed by atoms with Crippen LogP contribution in [0.1, 0.15) is 19.3 Å². The Kier molecular flexibility index (Phi) is 10.1. The Morgan fingerprint density at radius 2 is 1.00 bits per heavy atom. The fourth-order valence-corrected chi connectivity index (χ4v) is 13.4. The molecule has 15 nitrogen and oxygen atoms in total. The van der Waals surface area contributed by atoms with Gasteiger partial charge in [-0.3, -0.25) is 0 Å². The van der Waals surface area contributed by atoms with Crippen LogP contribution in [-0.2, 0) is 39.8 Å². The van der Waals surface area contributed by atoms with E-state index < -0.39 is 64.8 Å².